The van der Waals surface area contributed by atoms with E-state index in [9.17, 15) is 0 Å². The SMILES string of the molecule is Cc1ccsc1C(CC1OCCc2ccccc21)NN. The first kappa shape index (κ1) is 13.8. The predicted octanol–water partition coefficient (Wildman–Crippen LogP) is 3.27. The fourth-order valence-electron chi connectivity index (χ4n) is 2.88. The van der Waals surface area contributed by atoms with Gasteiger partial charge in [-0.05, 0) is 47.9 Å². The van der Waals surface area contributed by atoms with E-state index in [0.29, 0.717) is 0 Å². The molecule has 2 aromatic rings. The Morgan fingerprint density at radius 2 is 2.25 bits per heavy atom. The van der Waals surface area contributed by atoms with Crippen LogP contribution in [0, 0.1) is 6.92 Å². The van der Waals surface area contributed by atoms with Crippen LogP contribution in [0.5, 0.6) is 0 Å². The van der Waals surface area contributed by atoms with Gasteiger partial charge in [0.2, 0.25) is 0 Å². The Labute approximate surface area is 123 Å². The van der Waals surface area contributed by atoms with E-state index in [2.05, 4.69) is 48.1 Å². The van der Waals surface area contributed by atoms with Gasteiger partial charge in [-0.15, -0.1) is 11.3 Å². The zero-order chi connectivity index (χ0) is 13.9. The normalized spacial score (nSPS) is 19.6. The third kappa shape index (κ3) is 2.65. The van der Waals surface area contributed by atoms with Crippen molar-refractivity contribution in [2.75, 3.05) is 6.61 Å². The Morgan fingerprint density at radius 3 is 3.00 bits per heavy atom. The number of hydrogen-bond donors (Lipinski definition) is 2. The Balaban J connectivity index is 1.82. The molecule has 106 valence electrons. The maximum atomic E-state index is 5.98. The molecule has 0 saturated heterocycles. The summed E-state index contributed by atoms with van der Waals surface area (Å²) in [5.41, 5.74) is 6.97. The number of ether oxygens (including phenoxy) is 1. The van der Waals surface area contributed by atoms with E-state index >= 15 is 0 Å². The van der Waals surface area contributed by atoms with Crippen LogP contribution in [0.2, 0.25) is 0 Å². The van der Waals surface area contributed by atoms with Crippen LogP contribution >= 0.6 is 11.3 Å². The molecule has 3 rings (SSSR count). The Kier molecular flexibility index (Phi) is 4.17. The number of rotatable bonds is 4. The number of hydrazine groups is 1. The van der Waals surface area contributed by atoms with Gasteiger partial charge >= 0.3 is 0 Å². The van der Waals surface area contributed by atoms with Crippen LogP contribution in [-0.2, 0) is 11.2 Å². The van der Waals surface area contributed by atoms with E-state index < -0.39 is 0 Å². The van der Waals surface area contributed by atoms with E-state index in [1.54, 1.807) is 11.3 Å². The molecule has 20 heavy (non-hydrogen) atoms. The summed E-state index contributed by atoms with van der Waals surface area (Å²) in [7, 11) is 0. The highest BCUT2D eigenvalue weighted by atomic mass is 32.1. The molecule has 2 atom stereocenters. The minimum absolute atomic E-state index is 0.127. The molecule has 0 amide bonds. The highest BCUT2D eigenvalue weighted by Crippen LogP contribution is 2.36. The molecular formula is C16H20N2OS. The van der Waals surface area contributed by atoms with Crippen LogP contribution < -0.4 is 11.3 Å². The van der Waals surface area contributed by atoms with Crippen LogP contribution in [0.4, 0.5) is 0 Å². The number of nitrogens with one attached hydrogen (secondary N) is 1. The van der Waals surface area contributed by atoms with E-state index in [1.165, 1.54) is 21.6 Å². The largest absolute Gasteiger partial charge is 0.373 e. The smallest absolute Gasteiger partial charge is 0.0846 e. The molecule has 3 nitrogen and oxygen atoms in total. The van der Waals surface area contributed by atoms with E-state index in [1.807, 2.05) is 0 Å². The van der Waals surface area contributed by atoms with Crippen molar-refractivity contribution in [2.45, 2.75) is 31.9 Å². The fraction of sp³-hybridized carbons (Fsp3) is 0.375. The lowest BCUT2D eigenvalue weighted by Crippen LogP contribution is -2.30. The lowest BCUT2D eigenvalue weighted by atomic mass is 9.93. The van der Waals surface area contributed by atoms with Crippen molar-refractivity contribution in [3.05, 3.63) is 57.3 Å². The van der Waals surface area contributed by atoms with Crippen molar-refractivity contribution in [1.29, 1.82) is 0 Å². The van der Waals surface area contributed by atoms with Crippen LogP contribution in [0.15, 0.2) is 35.7 Å². The van der Waals surface area contributed by atoms with Crippen LogP contribution in [0.3, 0.4) is 0 Å². The summed E-state index contributed by atoms with van der Waals surface area (Å²) in [5, 5.41) is 2.12. The molecule has 1 aromatic carbocycles. The van der Waals surface area contributed by atoms with E-state index in [4.69, 9.17) is 10.6 Å². The van der Waals surface area contributed by atoms with Gasteiger partial charge in [0.15, 0.2) is 0 Å². The summed E-state index contributed by atoms with van der Waals surface area (Å²) in [6.07, 6.45) is 2.00. The van der Waals surface area contributed by atoms with Crippen molar-refractivity contribution >= 4 is 11.3 Å². The lowest BCUT2D eigenvalue weighted by Gasteiger charge is -2.29. The maximum Gasteiger partial charge on any atom is 0.0846 e. The fourth-order valence-corrected chi connectivity index (χ4v) is 3.88. The standard InChI is InChI=1S/C16H20N2OS/c1-11-7-9-20-16(11)14(18-17)10-15-13-5-3-2-4-12(13)6-8-19-15/h2-5,7,9,14-15,18H,6,8,10,17H2,1H3. The Bertz CT molecular complexity index is 581. The first-order valence-corrected chi connectivity index (χ1v) is 7.87. The summed E-state index contributed by atoms with van der Waals surface area (Å²) in [5.74, 6) is 5.77. The first-order chi connectivity index (χ1) is 9.79. The molecule has 0 aliphatic carbocycles. The third-order valence-electron chi connectivity index (χ3n) is 3.96. The van der Waals surface area contributed by atoms with Crippen molar-refractivity contribution in [1.82, 2.24) is 5.43 Å². The topological polar surface area (TPSA) is 47.3 Å². The van der Waals surface area contributed by atoms with Gasteiger partial charge in [-0.1, -0.05) is 24.3 Å². The molecule has 0 saturated carbocycles. The van der Waals surface area contributed by atoms with Crippen molar-refractivity contribution < 1.29 is 4.74 Å². The number of fused-ring (bicyclic) bond motifs is 1. The molecule has 0 spiro atoms. The van der Waals surface area contributed by atoms with E-state index in [0.717, 1.165) is 19.4 Å². The number of aryl methyl sites for hydroxylation is 1. The summed E-state index contributed by atoms with van der Waals surface area (Å²) in [4.78, 5) is 1.30. The van der Waals surface area contributed by atoms with Gasteiger partial charge in [0.25, 0.3) is 0 Å². The molecule has 3 N–H and O–H groups in total. The van der Waals surface area contributed by atoms with Crippen LogP contribution in [0.25, 0.3) is 0 Å². The Morgan fingerprint density at radius 1 is 1.40 bits per heavy atom. The minimum atomic E-state index is 0.127. The first-order valence-electron chi connectivity index (χ1n) is 6.99. The van der Waals surface area contributed by atoms with Crippen molar-refractivity contribution in [3.63, 3.8) is 0 Å². The second-order valence-corrected chi connectivity index (χ2v) is 6.18. The summed E-state index contributed by atoms with van der Waals surface area (Å²) >= 11 is 1.75. The van der Waals surface area contributed by atoms with E-state index in [-0.39, 0.29) is 12.1 Å². The highest BCUT2D eigenvalue weighted by molar-refractivity contribution is 7.10. The lowest BCUT2D eigenvalue weighted by molar-refractivity contribution is 0.0295. The molecule has 2 unspecified atom stereocenters. The number of nitrogens with two attached hydrogens (primary N) is 1. The van der Waals surface area contributed by atoms with Crippen molar-refractivity contribution in [3.8, 4) is 0 Å². The minimum Gasteiger partial charge on any atom is -0.373 e. The van der Waals surface area contributed by atoms with Gasteiger partial charge in [-0.3, -0.25) is 11.3 Å². The average molecular weight is 288 g/mol. The maximum absolute atomic E-state index is 5.98. The predicted molar refractivity (Wildman–Crippen MR) is 82.6 cm³/mol. The summed E-state index contributed by atoms with van der Waals surface area (Å²) < 4.78 is 5.98. The number of hydrogen-bond acceptors (Lipinski definition) is 4. The van der Waals surface area contributed by atoms with Crippen LogP contribution in [0.1, 0.15) is 40.1 Å². The monoisotopic (exact) mass is 288 g/mol. The summed E-state index contributed by atoms with van der Waals surface area (Å²) in [6.45, 7) is 2.92. The van der Waals surface area contributed by atoms with Gasteiger partial charge < -0.3 is 4.74 Å². The highest BCUT2D eigenvalue weighted by Gasteiger charge is 2.25. The molecule has 0 bridgehead atoms. The summed E-state index contributed by atoms with van der Waals surface area (Å²) in [6, 6.07) is 10.8. The van der Waals surface area contributed by atoms with Gasteiger partial charge in [-0.2, -0.15) is 0 Å². The molecule has 0 radical (unpaired) electrons. The van der Waals surface area contributed by atoms with Crippen LogP contribution in [-0.4, -0.2) is 6.61 Å². The second kappa shape index (κ2) is 6.06. The number of thiophene rings is 1. The Hall–Kier alpha value is -1.20. The second-order valence-electron chi connectivity index (χ2n) is 5.23. The molecule has 2 heterocycles. The number of benzene rings is 1. The van der Waals surface area contributed by atoms with Gasteiger partial charge in [0.1, 0.15) is 0 Å². The zero-order valence-corrected chi connectivity index (χ0v) is 12.5. The average Bonchev–Trinajstić information content (AvgIpc) is 2.91. The molecule has 1 aliphatic heterocycles. The molecule has 1 aromatic heterocycles. The third-order valence-corrected chi connectivity index (χ3v) is 5.09. The molecule has 1 aliphatic rings. The van der Waals surface area contributed by atoms with Gasteiger partial charge in [-0.25, -0.2) is 0 Å². The van der Waals surface area contributed by atoms with Gasteiger partial charge in [0.05, 0.1) is 18.8 Å². The molecule has 0 fully saturated rings. The molecular weight excluding hydrogens is 268 g/mol. The van der Waals surface area contributed by atoms with Gasteiger partial charge in [0, 0.05) is 4.88 Å². The quantitative estimate of drug-likeness (QED) is 0.670. The molecule has 4 heteroatoms. The van der Waals surface area contributed by atoms with Crippen molar-refractivity contribution in [2.24, 2.45) is 5.84 Å². The zero-order valence-electron chi connectivity index (χ0n) is 11.6.